The Morgan fingerprint density at radius 1 is 1.03 bits per heavy atom. The Morgan fingerprint density at radius 2 is 1.82 bits per heavy atom. The van der Waals surface area contributed by atoms with Crippen molar-refractivity contribution < 1.29 is 4.74 Å². The lowest BCUT2D eigenvalue weighted by Crippen LogP contribution is -2.37. The van der Waals surface area contributed by atoms with E-state index in [2.05, 4.69) is 49.1 Å². The Hall–Kier alpha value is -2.62. The molecule has 0 saturated carbocycles. The molecule has 0 spiro atoms. The number of hydrogen-bond acceptors (Lipinski definition) is 9. The van der Waals surface area contributed by atoms with E-state index >= 15 is 0 Å². The van der Waals surface area contributed by atoms with E-state index in [0.717, 1.165) is 75.0 Å². The lowest BCUT2D eigenvalue weighted by Gasteiger charge is -2.32. The van der Waals surface area contributed by atoms with Crippen molar-refractivity contribution in [1.29, 1.82) is 0 Å². The van der Waals surface area contributed by atoms with Gasteiger partial charge in [0.15, 0.2) is 5.13 Å². The standard InChI is InChI=1S/C24H31N7OS/c1-18-14-27-24(33-18)29-22-4-2-3-21(28-22)13-19-5-7-30(8-6-19)17-20-15-25-23(26-16-20)31-9-11-32-12-10-31/h2-4,14-16,19H,5-13,17H2,1H3,(H,27,28,29). The van der Waals surface area contributed by atoms with E-state index in [1.54, 1.807) is 11.3 Å². The minimum atomic E-state index is 0.672. The number of rotatable bonds is 7. The van der Waals surface area contributed by atoms with Crippen molar-refractivity contribution in [3.63, 3.8) is 0 Å². The maximum absolute atomic E-state index is 5.41. The van der Waals surface area contributed by atoms with Gasteiger partial charge < -0.3 is 15.0 Å². The Bertz CT molecular complexity index is 1030. The van der Waals surface area contributed by atoms with E-state index in [0.29, 0.717) is 5.92 Å². The van der Waals surface area contributed by atoms with Crippen LogP contribution in [0.1, 0.15) is 29.0 Å². The molecule has 2 saturated heterocycles. The van der Waals surface area contributed by atoms with Crippen LogP contribution in [-0.2, 0) is 17.7 Å². The Kier molecular flexibility index (Phi) is 7.09. The molecule has 0 aliphatic carbocycles. The zero-order chi connectivity index (χ0) is 22.5. The van der Waals surface area contributed by atoms with Gasteiger partial charge in [0.1, 0.15) is 5.82 Å². The van der Waals surface area contributed by atoms with Crippen LogP contribution in [0.5, 0.6) is 0 Å². The van der Waals surface area contributed by atoms with E-state index in [-0.39, 0.29) is 0 Å². The van der Waals surface area contributed by atoms with Crippen LogP contribution in [0.3, 0.4) is 0 Å². The first kappa shape index (κ1) is 22.2. The van der Waals surface area contributed by atoms with Gasteiger partial charge >= 0.3 is 0 Å². The van der Waals surface area contributed by atoms with Crippen LogP contribution in [0.15, 0.2) is 36.8 Å². The summed E-state index contributed by atoms with van der Waals surface area (Å²) < 4.78 is 5.41. The molecular formula is C24H31N7OS. The summed E-state index contributed by atoms with van der Waals surface area (Å²) in [7, 11) is 0. The largest absolute Gasteiger partial charge is 0.378 e. The van der Waals surface area contributed by atoms with Crippen molar-refractivity contribution >= 4 is 28.2 Å². The number of hydrogen-bond donors (Lipinski definition) is 1. The number of pyridine rings is 1. The van der Waals surface area contributed by atoms with Crippen LogP contribution in [0.2, 0.25) is 0 Å². The van der Waals surface area contributed by atoms with Gasteiger partial charge in [0.05, 0.1) is 13.2 Å². The molecule has 0 unspecified atom stereocenters. The molecule has 3 aromatic rings. The third kappa shape index (κ3) is 6.04. The first-order valence-corrected chi connectivity index (χ1v) is 12.5. The minimum Gasteiger partial charge on any atom is -0.378 e. The monoisotopic (exact) mass is 465 g/mol. The van der Waals surface area contributed by atoms with E-state index < -0.39 is 0 Å². The molecule has 8 nitrogen and oxygen atoms in total. The second-order valence-electron chi connectivity index (χ2n) is 8.83. The maximum atomic E-state index is 5.41. The van der Waals surface area contributed by atoms with Crippen molar-refractivity contribution in [2.75, 3.05) is 49.6 Å². The molecule has 2 fully saturated rings. The van der Waals surface area contributed by atoms with E-state index in [4.69, 9.17) is 9.72 Å². The van der Waals surface area contributed by atoms with Gasteiger partial charge in [-0.05, 0) is 57.3 Å². The summed E-state index contributed by atoms with van der Waals surface area (Å²) in [6.07, 6.45) is 9.26. The van der Waals surface area contributed by atoms with Crippen molar-refractivity contribution in [2.24, 2.45) is 5.92 Å². The summed E-state index contributed by atoms with van der Waals surface area (Å²) in [5.74, 6) is 2.36. The van der Waals surface area contributed by atoms with E-state index in [1.165, 1.54) is 23.3 Å². The molecule has 2 aliphatic rings. The van der Waals surface area contributed by atoms with Gasteiger partial charge in [0, 0.05) is 54.4 Å². The number of ether oxygens (including phenoxy) is 1. The molecule has 174 valence electrons. The molecule has 0 radical (unpaired) electrons. The number of aryl methyl sites for hydroxylation is 1. The van der Waals surface area contributed by atoms with Crippen molar-refractivity contribution in [2.45, 2.75) is 32.7 Å². The second-order valence-corrected chi connectivity index (χ2v) is 10.1. The molecule has 5 rings (SSSR count). The Balaban J connectivity index is 1.09. The first-order chi connectivity index (χ1) is 16.2. The second kappa shape index (κ2) is 10.5. The normalized spacial score (nSPS) is 17.9. The average molecular weight is 466 g/mol. The van der Waals surface area contributed by atoms with Crippen LogP contribution >= 0.6 is 11.3 Å². The third-order valence-electron chi connectivity index (χ3n) is 6.26. The molecule has 3 aromatic heterocycles. The fraction of sp³-hybridized carbons (Fsp3) is 0.500. The van der Waals surface area contributed by atoms with Gasteiger partial charge in [0.25, 0.3) is 0 Å². The minimum absolute atomic E-state index is 0.672. The number of nitrogens with one attached hydrogen (secondary N) is 1. The highest BCUT2D eigenvalue weighted by Gasteiger charge is 2.21. The van der Waals surface area contributed by atoms with Crippen LogP contribution in [0, 0.1) is 12.8 Å². The van der Waals surface area contributed by atoms with Gasteiger partial charge in [-0.3, -0.25) is 4.90 Å². The molecule has 9 heteroatoms. The predicted molar refractivity (Wildman–Crippen MR) is 131 cm³/mol. The van der Waals surface area contributed by atoms with Crippen LogP contribution in [0.4, 0.5) is 16.9 Å². The average Bonchev–Trinajstić information content (AvgIpc) is 3.26. The van der Waals surface area contributed by atoms with E-state index in [9.17, 15) is 0 Å². The number of likely N-dealkylation sites (tertiary alicyclic amines) is 1. The molecule has 5 heterocycles. The van der Waals surface area contributed by atoms with Crippen molar-refractivity contribution in [1.82, 2.24) is 24.8 Å². The molecule has 2 aliphatic heterocycles. The van der Waals surface area contributed by atoms with Gasteiger partial charge in [-0.15, -0.1) is 11.3 Å². The summed E-state index contributed by atoms with van der Waals surface area (Å²) in [6, 6.07) is 6.23. The third-order valence-corrected chi connectivity index (χ3v) is 7.09. The van der Waals surface area contributed by atoms with Gasteiger partial charge in [-0.2, -0.15) is 0 Å². The smallest absolute Gasteiger partial charge is 0.225 e. The Morgan fingerprint density at radius 3 is 2.55 bits per heavy atom. The SMILES string of the molecule is Cc1cnc(Nc2cccc(CC3CCN(Cc4cnc(N5CCOCC5)nc4)CC3)n2)s1. The zero-order valence-corrected chi connectivity index (χ0v) is 19.9. The zero-order valence-electron chi connectivity index (χ0n) is 19.1. The molecule has 0 atom stereocenters. The number of anilines is 3. The highest BCUT2D eigenvalue weighted by atomic mass is 32.1. The summed E-state index contributed by atoms with van der Waals surface area (Å²) in [6.45, 7) is 8.42. The van der Waals surface area contributed by atoms with Crippen LogP contribution in [-0.4, -0.2) is 64.2 Å². The molecule has 0 bridgehead atoms. The van der Waals surface area contributed by atoms with E-state index in [1.807, 2.05) is 24.7 Å². The molecule has 1 N–H and O–H groups in total. The molecule has 0 aromatic carbocycles. The lowest BCUT2D eigenvalue weighted by molar-refractivity contribution is 0.122. The van der Waals surface area contributed by atoms with Gasteiger partial charge in [-0.25, -0.2) is 19.9 Å². The lowest BCUT2D eigenvalue weighted by atomic mass is 9.92. The van der Waals surface area contributed by atoms with Crippen LogP contribution < -0.4 is 10.2 Å². The number of nitrogens with zero attached hydrogens (tertiary/aromatic N) is 6. The maximum Gasteiger partial charge on any atom is 0.225 e. The number of aromatic nitrogens is 4. The summed E-state index contributed by atoms with van der Waals surface area (Å²) in [5, 5.41) is 4.22. The van der Waals surface area contributed by atoms with Gasteiger partial charge in [-0.1, -0.05) is 6.07 Å². The number of piperidine rings is 1. The van der Waals surface area contributed by atoms with Crippen molar-refractivity contribution in [3.05, 3.63) is 52.9 Å². The number of morpholine rings is 1. The fourth-order valence-corrected chi connectivity index (χ4v) is 5.12. The quantitative estimate of drug-likeness (QED) is 0.566. The number of thiazole rings is 1. The highest BCUT2D eigenvalue weighted by molar-refractivity contribution is 7.15. The first-order valence-electron chi connectivity index (χ1n) is 11.7. The Labute approximate surface area is 199 Å². The molecular weight excluding hydrogens is 434 g/mol. The topological polar surface area (TPSA) is 79.3 Å². The van der Waals surface area contributed by atoms with Crippen molar-refractivity contribution in [3.8, 4) is 0 Å². The fourth-order valence-electron chi connectivity index (χ4n) is 4.44. The van der Waals surface area contributed by atoms with Crippen LogP contribution in [0.25, 0.3) is 0 Å². The summed E-state index contributed by atoms with van der Waals surface area (Å²) in [5.41, 5.74) is 2.34. The molecule has 33 heavy (non-hydrogen) atoms. The molecule has 0 amide bonds. The summed E-state index contributed by atoms with van der Waals surface area (Å²) >= 11 is 1.65. The predicted octanol–water partition coefficient (Wildman–Crippen LogP) is 3.67. The summed E-state index contributed by atoms with van der Waals surface area (Å²) in [4.78, 5) is 24.3. The highest BCUT2D eigenvalue weighted by Crippen LogP contribution is 2.24. The van der Waals surface area contributed by atoms with Gasteiger partial charge in [0.2, 0.25) is 5.95 Å².